The highest BCUT2D eigenvalue weighted by Crippen LogP contribution is 2.22. The van der Waals surface area contributed by atoms with Gasteiger partial charge in [0, 0.05) is 0 Å². The zero-order chi connectivity index (χ0) is 9.97. The van der Waals surface area contributed by atoms with Gasteiger partial charge in [0.05, 0.1) is 6.42 Å². The number of rotatable bonds is 2. The Hall–Kier alpha value is -1.57. The van der Waals surface area contributed by atoms with E-state index >= 15 is 0 Å². The number of allylic oxidation sites excluding steroid dienone is 1. The van der Waals surface area contributed by atoms with Gasteiger partial charge in [0.2, 0.25) is 0 Å². The quantitative estimate of drug-likeness (QED) is 0.722. The maximum absolute atomic E-state index is 10.5. The van der Waals surface area contributed by atoms with Crippen molar-refractivity contribution < 1.29 is 9.90 Å². The Morgan fingerprint density at radius 3 is 2.71 bits per heavy atom. The molecule has 1 aliphatic carbocycles. The minimum absolute atomic E-state index is 0.175. The number of carboxylic acids is 1. The van der Waals surface area contributed by atoms with E-state index in [1.165, 1.54) is 11.1 Å². The van der Waals surface area contributed by atoms with Gasteiger partial charge >= 0.3 is 5.97 Å². The molecule has 0 unspecified atom stereocenters. The van der Waals surface area contributed by atoms with Crippen LogP contribution in [0.15, 0.2) is 35.9 Å². The molecule has 72 valence electrons. The molecule has 0 radical (unpaired) electrons. The van der Waals surface area contributed by atoms with Crippen LogP contribution in [0.4, 0.5) is 0 Å². The summed E-state index contributed by atoms with van der Waals surface area (Å²) in [5, 5.41) is 8.67. The van der Waals surface area contributed by atoms with Crippen molar-refractivity contribution in [2.24, 2.45) is 0 Å². The molecule has 2 heteroatoms. The fraction of sp³-hybridized carbons (Fsp3) is 0.250. The molecule has 1 aromatic rings. The van der Waals surface area contributed by atoms with E-state index in [0.717, 1.165) is 18.4 Å². The van der Waals surface area contributed by atoms with Crippen molar-refractivity contribution in [3.63, 3.8) is 0 Å². The van der Waals surface area contributed by atoms with Crippen molar-refractivity contribution >= 4 is 5.97 Å². The normalized spacial score (nSPS) is 14.4. The summed E-state index contributed by atoms with van der Waals surface area (Å²) in [6.07, 6.45) is 3.88. The van der Waals surface area contributed by atoms with Gasteiger partial charge in [-0.3, -0.25) is 4.79 Å². The van der Waals surface area contributed by atoms with Crippen LogP contribution in [0.1, 0.15) is 17.5 Å². The van der Waals surface area contributed by atoms with E-state index in [2.05, 4.69) is 12.1 Å². The van der Waals surface area contributed by atoms with Crippen LogP contribution in [0, 0.1) is 0 Å². The van der Waals surface area contributed by atoms with Crippen molar-refractivity contribution in [3.8, 4) is 0 Å². The summed E-state index contributed by atoms with van der Waals surface area (Å²) in [7, 11) is 0. The third kappa shape index (κ3) is 1.84. The second-order valence-corrected chi connectivity index (χ2v) is 3.58. The summed E-state index contributed by atoms with van der Waals surface area (Å²) in [6.45, 7) is 0. The SMILES string of the molecule is O=C(O)CC1=CCc2ccccc2C1. The highest BCUT2D eigenvalue weighted by molar-refractivity contribution is 5.70. The lowest BCUT2D eigenvalue weighted by atomic mass is 9.90. The highest BCUT2D eigenvalue weighted by Gasteiger charge is 2.12. The molecule has 14 heavy (non-hydrogen) atoms. The number of carbonyl (C=O) groups is 1. The molecule has 0 bridgehead atoms. The molecule has 0 saturated carbocycles. The predicted molar refractivity (Wildman–Crippen MR) is 54.2 cm³/mol. The van der Waals surface area contributed by atoms with Gasteiger partial charge in [-0.1, -0.05) is 35.9 Å². The van der Waals surface area contributed by atoms with Crippen molar-refractivity contribution in [1.29, 1.82) is 0 Å². The largest absolute Gasteiger partial charge is 0.481 e. The highest BCUT2D eigenvalue weighted by atomic mass is 16.4. The molecule has 0 fully saturated rings. The topological polar surface area (TPSA) is 37.3 Å². The monoisotopic (exact) mass is 188 g/mol. The van der Waals surface area contributed by atoms with Crippen LogP contribution in [0.2, 0.25) is 0 Å². The number of benzene rings is 1. The van der Waals surface area contributed by atoms with Crippen LogP contribution in [0.25, 0.3) is 0 Å². The number of aliphatic carboxylic acids is 1. The molecule has 0 heterocycles. The summed E-state index contributed by atoms with van der Waals surface area (Å²) in [6, 6.07) is 8.20. The van der Waals surface area contributed by atoms with Crippen LogP contribution in [0.3, 0.4) is 0 Å². The molecule has 1 aromatic carbocycles. The van der Waals surface area contributed by atoms with Crippen molar-refractivity contribution in [3.05, 3.63) is 47.0 Å². The molecule has 0 amide bonds. The summed E-state index contributed by atoms with van der Waals surface area (Å²) < 4.78 is 0. The minimum Gasteiger partial charge on any atom is -0.481 e. The first-order valence-corrected chi connectivity index (χ1v) is 4.72. The first-order chi connectivity index (χ1) is 6.75. The Morgan fingerprint density at radius 1 is 1.29 bits per heavy atom. The van der Waals surface area contributed by atoms with Gasteiger partial charge in [0.1, 0.15) is 0 Å². The first kappa shape index (κ1) is 9.00. The summed E-state index contributed by atoms with van der Waals surface area (Å²) in [5.41, 5.74) is 3.61. The van der Waals surface area contributed by atoms with Gasteiger partial charge < -0.3 is 5.11 Å². The molecule has 0 aliphatic heterocycles. The maximum atomic E-state index is 10.5. The van der Waals surface area contributed by atoms with E-state index in [-0.39, 0.29) is 6.42 Å². The van der Waals surface area contributed by atoms with E-state index in [1.54, 1.807) is 0 Å². The molecule has 0 saturated heterocycles. The summed E-state index contributed by atoms with van der Waals surface area (Å²) in [4.78, 5) is 10.5. The van der Waals surface area contributed by atoms with Crippen molar-refractivity contribution in [1.82, 2.24) is 0 Å². The zero-order valence-corrected chi connectivity index (χ0v) is 7.86. The van der Waals surface area contributed by atoms with Gasteiger partial charge in [-0.2, -0.15) is 0 Å². The van der Waals surface area contributed by atoms with Crippen molar-refractivity contribution in [2.75, 3.05) is 0 Å². The molecule has 0 spiro atoms. The Kier molecular flexibility index (Phi) is 2.35. The summed E-state index contributed by atoms with van der Waals surface area (Å²) >= 11 is 0. The average Bonchev–Trinajstić information content (AvgIpc) is 2.17. The molecule has 1 N–H and O–H groups in total. The van der Waals surface area contributed by atoms with E-state index < -0.39 is 5.97 Å². The van der Waals surface area contributed by atoms with Gasteiger partial charge in [-0.25, -0.2) is 0 Å². The number of carboxylic acid groups (broad SMARTS) is 1. The average molecular weight is 188 g/mol. The minimum atomic E-state index is -0.740. The Bertz CT molecular complexity index is 391. The smallest absolute Gasteiger partial charge is 0.307 e. The number of fused-ring (bicyclic) bond motifs is 1. The Labute approximate surface area is 82.9 Å². The van der Waals surface area contributed by atoms with Crippen LogP contribution in [-0.2, 0) is 17.6 Å². The third-order valence-electron chi connectivity index (χ3n) is 2.52. The van der Waals surface area contributed by atoms with Crippen molar-refractivity contribution in [2.45, 2.75) is 19.3 Å². The molecule has 1 aliphatic rings. The zero-order valence-electron chi connectivity index (χ0n) is 7.86. The molecule has 2 rings (SSSR count). The second-order valence-electron chi connectivity index (χ2n) is 3.58. The predicted octanol–water partition coefficient (Wildman–Crippen LogP) is 2.19. The lowest BCUT2D eigenvalue weighted by molar-refractivity contribution is -0.136. The standard InChI is InChI=1S/C12H12O2/c13-12(14)8-9-5-6-10-3-1-2-4-11(10)7-9/h1-5H,6-8H2,(H,13,14). The Balaban J connectivity index is 2.17. The van der Waals surface area contributed by atoms with E-state index in [0.29, 0.717) is 0 Å². The summed E-state index contributed by atoms with van der Waals surface area (Å²) in [5.74, 6) is -0.740. The molecule has 0 atom stereocenters. The van der Waals surface area contributed by atoms with Crippen LogP contribution in [0.5, 0.6) is 0 Å². The van der Waals surface area contributed by atoms with Gasteiger partial charge in [0.15, 0.2) is 0 Å². The van der Waals surface area contributed by atoms with E-state index in [1.807, 2.05) is 18.2 Å². The first-order valence-electron chi connectivity index (χ1n) is 4.72. The fourth-order valence-electron chi connectivity index (χ4n) is 1.83. The van der Waals surface area contributed by atoms with Crippen LogP contribution < -0.4 is 0 Å². The van der Waals surface area contributed by atoms with Gasteiger partial charge in [0.25, 0.3) is 0 Å². The van der Waals surface area contributed by atoms with E-state index in [9.17, 15) is 4.79 Å². The van der Waals surface area contributed by atoms with Gasteiger partial charge in [-0.05, 0) is 24.0 Å². The van der Waals surface area contributed by atoms with Crippen LogP contribution >= 0.6 is 0 Å². The van der Waals surface area contributed by atoms with Gasteiger partial charge in [-0.15, -0.1) is 0 Å². The maximum Gasteiger partial charge on any atom is 0.307 e. The molecular weight excluding hydrogens is 176 g/mol. The lowest BCUT2D eigenvalue weighted by Crippen LogP contribution is -2.06. The Morgan fingerprint density at radius 2 is 2.00 bits per heavy atom. The number of hydrogen-bond donors (Lipinski definition) is 1. The molecule has 2 nitrogen and oxygen atoms in total. The second kappa shape index (κ2) is 3.66. The number of hydrogen-bond acceptors (Lipinski definition) is 1. The molecule has 0 aromatic heterocycles. The fourth-order valence-corrected chi connectivity index (χ4v) is 1.83. The van der Waals surface area contributed by atoms with Crippen LogP contribution in [-0.4, -0.2) is 11.1 Å². The molecular formula is C12H12O2. The third-order valence-corrected chi connectivity index (χ3v) is 2.52. The lowest BCUT2D eigenvalue weighted by Gasteiger charge is -2.15. The van der Waals surface area contributed by atoms with E-state index in [4.69, 9.17) is 5.11 Å².